The lowest BCUT2D eigenvalue weighted by Gasteiger charge is -2.24. The predicted octanol–water partition coefficient (Wildman–Crippen LogP) is 2.96. The van der Waals surface area contributed by atoms with Crippen LogP contribution in [0.3, 0.4) is 0 Å². The van der Waals surface area contributed by atoms with Crippen LogP contribution >= 0.6 is 0 Å². The molecule has 4 nitrogen and oxygen atoms in total. The lowest BCUT2D eigenvalue weighted by Crippen LogP contribution is -2.34. The van der Waals surface area contributed by atoms with E-state index in [1.165, 1.54) is 0 Å². The van der Waals surface area contributed by atoms with Crippen molar-refractivity contribution < 1.29 is 9.59 Å². The summed E-state index contributed by atoms with van der Waals surface area (Å²) in [5, 5.41) is 0. The number of likely N-dealkylation sites (tertiary alicyclic amines) is 1. The summed E-state index contributed by atoms with van der Waals surface area (Å²) >= 11 is 0. The van der Waals surface area contributed by atoms with E-state index in [0.717, 1.165) is 24.2 Å². The molecule has 0 radical (unpaired) electrons. The minimum Gasteiger partial charge on any atom is -0.338 e. The molecule has 4 heteroatoms. The van der Waals surface area contributed by atoms with E-state index in [0.29, 0.717) is 19.5 Å². The predicted molar refractivity (Wildman–Crippen MR) is 92.8 cm³/mol. The van der Waals surface area contributed by atoms with Crippen LogP contribution < -0.4 is 4.90 Å². The van der Waals surface area contributed by atoms with E-state index in [1.54, 1.807) is 0 Å². The molecule has 2 aliphatic rings. The number of hydrogen-bond acceptors (Lipinski definition) is 2. The van der Waals surface area contributed by atoms with Gasteiger partial charge in [0.1, 0.15) is 0 Å². The zero-order valence-electron chi connectivity index (χ0n) is 13.5. The Hall–Kier alpha value is -2.62. The average Bonchev–Trinajstić information content (AvgIpc) is 3.19. The third-order valence-corrected chi connectivity index (χ3v) is 5.13. The van der Waals surface area contributed by atoms with Crippen LogP contribution in [-0.4, -0.2) is 36.3 Å². The second kappa shape index (κ2) is 5.78. The van der Waals surface area contributed by atoms with E-state index < -0.39 is 0 Å². The number of benzene rings is 2. The van der Waals surface area contributed by atoms with E-state index in [-0.39, 0.29) is 17.2 Å². The van der Waals surface area contributed by atoms with Gasteiger partial charge >= 0.3 is 0 Å². The van der Waals surface area contributed by atoms with Crippen LogP contribution in [0.4, 0.5) is 5.69 Å². The molecular formula is C20H20N2O2. The van der Waals surface area contributed by atoms with Gasteiger partial charge in [-0.2, -0.15) is 0 Å². The molecule has 1 atom stereocenters. The number of carbonyl (C=O) groups excluding carboxylic acids is 2. The van der Waals surface area contributed by atoms with Crippen LogP contribution in [0.15, 0.2) is 60.7 Å². The van der Waals surface area contributed by atoms with Crippen molar-refractivity contribution in [1.82, 2.24) is 4.90 Å². The zero-order chi connectivity index (χ0) is 16.6. The fourth-order valence-electron chi connectivity index (χ4n) is 3.88. The van der Waals surface area contributed by atoms with Crippen LogP contribution in [-0.2, 0) is 4.79 Å². The van der Waals surface area contributed by atoms with Gasteiger partial charge in [0.15, 0.2) is 0 Å². The summed E-state index contributed by atoms with van der Waals surface area (Å²) in [6.07, 6.45) is 1.42. The molecular weight excluding hydrogens is 300 g/mol. The van der Waals surface area contributed by atoms with Crippen molar-refractivity contribution in [3.05, 3.63) is 66.2 Å². The maximum Gasteiger partial charge on any atom is 0.253 e. The van der Waals surface area contributed by atoms with Gasteiger partial charge in [0.05, 0.1) is 0 Å². The van der Waals surface area contributed by atoms with Crippen molar-refractivity contribution in [3.8, 4) is 0 Å². The molecule has 0 aromatic heterocycles. The van der Waals surface area contributed by atoms with Gasteiger partial charge in [-0.3, -0.25) is 9.59 Å². The first kappa shape index (κ1) is 14.9. The fourth-order valence-corrected chi connectivity index (χ4v) is 3.88. The van der Waals surface area contributed by atoms with Crippen molar-refractivity contribution >= 4 is 17.5 Å². The van der Waals surface area contributed by atoms with Crippen molar-refractivity contribution in [3.63, 3.8) is 0 Å². The lowest BCUT2D eigenvalue weighted by atomic mass is 9.86. The smallest absolute Gasteiger partial charge is 0.253 e. The molecule has 1 spiro atoms. The largest absolute Gasteiger partial charge is 0.338 e. The summed E-state index contributed by atoms with van der Waals surface area (Å²) in [5.41, 5.74) is 1.57. The van der Waals surface area contributed by atoms with Crippen molar-refractivity contribution in [2.24, 2.45) is 5.41 Å². The first-order valence-corrected chi connectivity index (χ1v) is 8.37. The number of rotatable bonds is 2. The molecule has 0 N–H and O–H groups in total. The number of nitrogens with zero attached hydrogens (tertiary/aromatic N) is 2. The Morgan fingerprint density at radius 3 is 2.29 bits per heavy atom. The molecule has 0 saturated carbocycles. The highest BCUT2D eigenvalue weighted by Crippen LogP contribution is 2.42. The summed E-state index contributed by atoms with van der Waals surface area (Å²) in [5.74, 6) is 0.230. The molecule has 2 saturated heterocycles. The minimum atomic E-state index is -0.0998. The topological polar surface area (TPSA) is 40.6 Å². The highest BCUT2D eigenvalue weighted by molar-refractivity contribution is 5.97. The quantitative estimate of drug-likeness (QED) is 0.853. The van der Waals surface area contributed by atoms with Gasteiger partial charge < -0.3 is 9.80 Å². The molecule has 24 heavy (non-hydrogen) atoms. The Kier molecular flexibility index (Phi) is 3.60. The number of anilines is 1. The SMILES string of the molecule is O=C(c1ccccc1)N1CCC2(CC(=O)N(c3ccccc3)C2)C1. The van der Waals surface area contributed by atoms with E-state index in [4.69, 9.17) is 0 Å². The Bertz CT molecular complexity index is 760. The summed E-state index contributed by atoms with van der Waals surface area (Å²) in [6, 6.07) is 19.2. The van der Waals surface area contributed by atoms with Gasteiger partial charge in [-0.25, -0.2) is 0 Å². The number of para-hydroxylation sites is 1. The molecule has 122 valence electrons. The monoisotopic (exact) mass is 320 g/mol. The Balaban J connectivity index is 1.50. The van der Waals surface area contributed by atoms with Crippen LogP contribution in [0, 0.1) is 5.41 Å². The van der Waals surface area contributed by atoms with Crippen LogP contribution in [0.5, 0.6) is 0 Å². The fraction of sp³-hybridized carbons (Fsp3) is 0.300. The standard InChI is InChI=1S/C20H20N2O2/c23-18-13-20(15-22(18)17-9-5-2-6-10-17)11-12-21(14-20)19(24)16-7-3-1-4-8-16/h1-10H,11-15H2. The summed E-state index contributed by atoms with van der Waals surface area (Å²) < 4.78 is 0. The molecule has 2 aromatic rings. The van der Waals surface area contributed by atoms with Gasteiger partial charge in [-0.1, -0.05) is 36.4 Å². The Morgan fingerprint density at radius 1 is 0.917 bits per heavy atom. The summed E-state index contributed by atoms with van der Waals surface area (Å²) in [7, 11) is 0. The number of hydrogen-bond donors (Lipinski definition) is 0. The van der Waals surface area contributed by atoms with Crippen molar-refractivity contribution in [1.29, 1.82) is 0 Å². The van der Waals surface area contributed by atoms with Gasteiger partial charge in [0.2, 0.25) is 5.91 Å². The highest BCUT2D eigenvalue weighted by atomic mass is 16.2. The summed E-state index contributed by atoms with van der Waals surface area (Å²) in [6.45, 7) is 2.09. The molecule has 1 unspecified atom stereocenters. The lowest BCUT2D eigenvalue weighted by molar-refractivity contribution is -0.117. The number of amides is 2. The van der Waals surface area contributed by atoms with Gasteiger partial charge in [0, 0.05) is 42.7 Å². The molecule has 2 amide bonds. The second-order valence-corrected chi connectivity index (χ2v) is 6.83. The van der Waals surface area contributed by atoms with E-state index >= 15 is 0 Å². The normalized spacial score (nSPS) is 23.2. The highest BCUT2D eigenvalue weighted by Gasteiger charge is 2.48. The molecule has 4 rings (SSSR count). The molecule has 0 bridgehead atoms. The molecule has 2 aliphatic heterocycles. The molecule has 2 heterocycles. The van der Waals surface area contributed by atoms with Gasteiger partial charge in [-0.05, 0) is 30.7 Å². The average molecular weight is 320 g/mol. The maximum absolute atomic E-state index is 12.6. The van der Waals surface area contributed by atoms with Gasteiger partial charge in [-0.15, -0.1) is 0 Å². The van der Waals surface area contributed by atoms with E-state index in [1.807, 2.05) is 70.5 Å². The van der Waals surface area contributed by atoms with Crippen molar-refractivity contribution in [2.75, 3.05) is 24.5 Å². The molecule has 2 aromatic carbocycles. The van der Waals surface area contributed by atoms with Crippen LogP contribution in [0.25, 0.3) is 0 Å². The zero-order valence-corrected chi connectivity index (χ0v) is 13.5. The molecule has 2 fully saturated rings. The Labute approximate surface area is 141 Å². The third kappa shape index (κ3) is 2.58. The second-order valence-electron chi connectivity index (χ2n) is 6.83. The maximum atomic E-state index is 12.6. The minimum absolute atomic E-state index is 0.0677. The van der Waals surface area contributed by atoms with E-state index in [2.05, 4.69) is 0 Å². The number of carbonyl (C=O) groups is 2. The molecule has 0 aliphatic carbocycles. The first-order chi connectivity index (χ1) is 11.7. The van der Waals surface area contributed by atoms with Crippen LogP contribution in [0.1, 0.15) is 23.2 Å². The van der Waals surface area contributed by atoms with E-state index in [9.17, 15) is 9.59 Å². The Morgan fingerprint density at radius 2 is 1.58 bits per heavy atom. The van der Waals surface area contributed by atoms with Gasteiger partial charge in [0.25, 0.3) is 5.91 Å². The first-order valence-electron chi connectivity index (χ1n) is 8.37. The summed E-state index contributed by atoms with van der Waals surface area (Å²) in [4.78, 5) is 28.9. The van der Waals surface area contributed by atoms with Crippen LogP contribution in [0.2, 0.25) is 0 Å². The van der Waals surface area contributed by atoms with Crippen molar-refractivity contribution in [2.45, 2.75) is 12.8 Å². The third-order valence-electron chi connectivity index (χ3n) is 5.13.